The predicted octanol–water partition coefficient (Wildman–Crippen LogP) is 5.02. The molecule has 1 aromatic rings. The molecule has 4 heteroatoms. The molecule has 2 atom stereocenters. The number of nitrogens with two attached hydrogens (primary N) is 1. The monoisotopic (exact) mass is 386 g/mol. The average Bonchev–Trinajstić information content (AvgIpc) is 2.67. The van der Waals surface area contributed by atoms with E-state index in [9.17, 15) is 10.1 Å². The highest BCUT2D eigenvalue weighted by Crippen LogP contribution is 2.52. The van der Waals surface area contributed by atoms with Crippen LogP contribution in [0, 0.1) is 28.1 Å². The molecule has 2 N–H and O–H groups in total. The number of hydrogen-bond acceptors (Lipinski definition) is 4. The molecule has 29 heavy (non-hydrogen) atoms. The molecule has 0 bridgehead atoms. The summed E-state index contributed by atoms with van der Waals surface area (Å²) >= 11 is 0. The summed E-state index contributed by atoms with van der Waals surface area (Å²) in [4.78, 5) is 13.1. The van der Waals surface area contributed by atoms with Crippen molar-refractivity contribution in [3.05, 3.63) is 76.9 Å². The topological polar surface area (TPSA) is 76.1 Å². The lowest BCUT2D eigenvalue weighted by Gasteiger charge is -2.43. The van der Waals surface area contributed by atoms with E-state index in [2.05, 4.69) is 57.2 Å². The van der Waals surface area contributed by atoms with E-state index >= 15 is 0 Å². The largest absolute Gasteiger partial charge is 0.444 e. The third kappa shape index (κ3) is 3.31. The maximum Gasteiger partial charge on any atom is 0.204 e. The molecule has 3 aliphatic rings. The Bertz CT molecular complexity index is 1030. The molecule has 2 unspecified atom stereocenters. The maximum atomic E-state index is 13.1. The summed E-state index contributed by atoms with van der Waals surface area (Å²) < 4.78 is 5.81. The third-order valence-corrected chi connectivity index (χ3v) is 6.25. The molecule has 1 aliphatic heterocycles. The molecule has 1 heterocycles. The van der Waals surface area contributed by atoms with Crippen LogP contribution in [-0.4, -0.2) is 5.78 Å². The van der Waals surface area contributed by atoms with Crippen molar-refractivity contribution in [2.24, 2.45) is 22.5 Å². The summed E-state index contributed by atoms with van der Waals surface area (Å²) in [6, 6.07) is 12.4. The van der Waals surface area contributed by atoms with E-state index in [0.717, 1.165) is 11.1 Å². The summed E-state index contributed by atoms with van der Waals surface area (Å²) in [7, 11) is 0. The van der Waals surface area contributed by atoms with Crippen molar-refractivity contribution >= 4 is 11.4 Å². The molecule has 2 aliphatic carbocycles. The number of carbonyl (C=O) groups is 1. The summed E-state index contributed by atoms with van der Waals surface area (Å²) in [6.07, 6.45) is 8.23. The van der Waals surface area contributed by atoms with Crippen LogP contribution in [-0.2, 0) is 9.53 Å². The van der Waals surface area contributed by atoms with Crippen LogP contribution in [0.2, 0.25) is 0 Å². The van der Waals surface area contributed by atoms with Crippen molar-refractivity contribution in [1.29, 1.82) is 5.26 Å². The lowest BCUT2D eigenvalue weighted by Crippen LogP contribution is -2.40. The SMILES string of the molecule is CC1(C)CC(=O)C2=C(C1)OC(N)=C(C#N)C2C1(C)C=CC(c2ccccc2)=CC1. The number of hydrogen-bond donors (Lipinski definition) is 1. The molecule has 0 radical (unpaired) electrons. The van der Waals surface area contributed by atoms with E-state index < -0.39 is 5.41 Å². The Hall–Kier alpha value is -3.06. The number of carbonyl (C=O) groups excluding carboxylic acids is 1. The van der Waals surface area contributed by atoms with E-state index in [-0.39, 0.29) is 23.0 Å². The standard InChI is InChI=1S/C25H26N2O2/c1-24(2)13-19(28)21-20(14-24)29-23(27)18(15-26)22(21)25(3)11-9-17(10-12-25)16-7-5-4-6-8-16/h4-11,22H,12-14,27H2,1-3H3. The molecule has 148 valence electrons. The van der Waals surface area contributed by atoms with Crippen molar-refractivity contribution in [2.45, 2.75) is 40.0 Å². The van der Waals surface area contributed by atoms with Gasteiger partial charge in [-0.2, -0.15) is 5.26 Å². The molecule has 0 saturated heterocycles. The zero-order valence-corrected chi connectivity index (χ0v) is 17.2. The van der Waals surface area contributed by atoms with Crippen molar-refractivity contribution in [3.63, 3.8) is 0 Å². The van der Waals surface area contributed by atoms with Gasteiger partial charge in [0.15, 0.2) is 5.78 Å². The van der Waals surface area contributed by atoms with Crippen molar-refractivity contribution in [3.8, 4) is 6.07 Å². The van der Waals surface area contributed by atoms with Gasteiger partial charge >= 0.3 is 0 Å². The number of nitriles is 1. The molecule has 4 rings (SSSR count). The number of benzene rings is 1. The number of allylic oxidation sites excluding steroid dienone is 7. The highest BCUT2D eigenvalue weighted by molar-refractivity contribution is 5.99. The van der Waals surface area contributed by atoms with Crippen LogP contribution < -0.4 is 5.73 Å². The van der Waals surface area contributed by atoms with Gasteiger partial charge in [-0.25, -0.2) is 0 Å². The predicted molar refractivity (Wildman–Crippen MR) is 113 cm³/mol. The summed E-state index contributed by atoms with van der Waals surface area (Å²) in [5, 5.41) is 9.84. The minimum Gasteiger partial charge on any atom is -0.444 e. The zero-order chi connectivity index (χ0) is 20.8. The van der Waals surface area contributed by atoms with Crippen LogP contribution in [0.5, 0.6) is 0 Å². The Labute approximate surface area is 172 Å². The molecular formula is C25H26N2O2. The van der Waals surface area contributed by atoms with Gasteiger partial charge in [-0.1, -0.05) is 69.3 Å². The third-order valence-electron chi connectivity index (χ3n) is 6.25. The number of ketones is 1. The van der Waals surface area contributed by atoms with Crippen LogP contribution in [0.1, 0.15) is 45.6 Å². The first-order valence-electron chi connectivity index (χ1n) is 10.0. The fourth-order valence-electron chi connectivity index (χ4n) is 4.75. The number of ether oxygens (including phenoxy) is 1. The smallest absolute Gasteiger partial charge is 0.204 e. The van der Waals surface area contributed by atoms with Gasteiger partial charge in [0.2, 0.25) is 5.88 Å². The fourth-order valence-corrected chi connectivity index (χ4v) is 4.75. The molecule has 0 saturated carbocycles. The van der Waals surface area contributed by atoms with E-state index in [1.165, 1.54) is 0 Å². The number of rotatable bonds is 2. The Morgan fingerprint density at radius 1 is 1.17 bits per heavy atom. The summed E-state index contributed by atoms with van der Waals surface area (Å²) in [6.45, 7) is 6.22. The second-order valence-electron chi connectivity index (χ2n) is 9.27. The van der Waals surface area contributed by atoms with Gasteiger partial charge in [-0.05, 0) is 23.0 Å². The Kier molecular flexibility index (Phi) is 4.50. The van der Waals surface area contributed by atoms with Gasteiger partial charge in [0.1, 0.15) is 11.8 Å². The molecular weight excluding hydrogens is 360 g/mol. The number of Topliss-reactive ketones (excluding diaryl/α,β-unsaturated/α-hetero) is 1. The maximum absolute atomic E-state index is 13.1. The molecule has 0 amide bonds. The lowest BCUT2D eigenvalue weighted by molar-refractivity contribution is -0.119. The van der Waals surface area contributed by atoms with Crippen molar-refractivity contribution in [1.82, 2.24) is 0 Å². The van der Waals surface area contributed by atoms with Gasteiger partial charge in [0.05, 0.1) is 5.57 Å². The Morgan fingerprint density at radius 3 is 2.52 bits per heavy atom. The quantitative estimate of drug-likeness (QED) is 0.774. The summed E-state index contributed by atoms with van der Waals surface area (Å²) in [5.74, 6) is 0.452. The van der Waals surface area contributed by atoms with Crippen LogP contribution in [0.25, 0.3) is 5.57 Å². The zero-order valence-electron chi connectivity index (χ0n) is 17.2. The molecule has 1 aromatic carbocycles. The summed E-state index contributed by atoms with van der Waals surface area (Å²) in [5.41, 5.74) is 8.87. The van der Waals surface area contributed by atoms with E-state index in [0.29, 0.717) is 36.2 Å². The normalized spacial score (nSPS) is 28.4. The Morgan fingerprint density at radius 2 is 1.90 bits per heavy atom. The first kappa shape index (κ1) is 19.3. The molecule has 0 spiro atoms. The minimum absolute atomic E-state index is 0.0639. The fraction of sp³-hybridized carbons (Fsp3) is 0.360. The van der Waals surface area contributed by atoms with Crippen molar-refractivity contribution in [2.75, 3.05) is 0 Å². The van der Waals surface area contributed by atoms with Gasteiger partial charge in [0, 0.05) is 29.7 Å². The first-order valence-corrected chi connectivity index (χ1v) is 10.0. The highest BCUT2D eigenvalue weighted by Gasteiger charge is 2.48. The Balaban J connectivity index is 1.76. The van der Waals surface area contributed by atoms with Crippen LogP contribution >= 0.6 is 0 Å². The van der Waals surface area contributed by atoms with Crippen molar-refractivity contribution < 1.29 is 9.53 Å². The van der Waals surface area contributed by atoms with E-state index in [4.69, 9.17) is 10.5 Å². The second-order valence-corrected chi connectivity index (χ2v) is 9.27. The van der Waals surface area contributed by atoms with E-state index in [1.54, 1.807) is 0 Å². The second kappa shape index (κ2) is 6.77. The molecule has 0 fully saturated rings. The van der Waals surface area contributed by atoms with Gasteiger partial charge in [-0.15, -0.1) is 0 Å². The van der Waals surface area contributed by atoms with Gasteiger partial charge in [0.25, 0.3) is 0 Å². The van der Waals surface area contributed by atoms with E-state index in [1.807, 2.05) is 18.2 Å². The molecule has 0 aromatic heterocycles. The number of nitrogens with zero attached hydrogens (tertiary/aromatic N) is 1. The molecule has 4 nitrogen and oxygen atoms in total. The first-order chi connectivity index (χ1) is 13.7. The van der Waals surface area contributed by atoms with Crippen LogP contribution in [0.3, 0.4) is 0 Å². The minimum atomic E-state index is -0.421. The highest BCUT2D eigenvalue weighted by atomic mass is 16.5. The lowest BCUT2D eigenvalue weighted by atomic mass is 9.61. The van der Waals surface area contributed by atoms with Gasteiger partial charge in [-0.3, -0.25) is 4.79 Å². The van der Waals surface area contributed by atoms with Gasteiger partial charge < -0.3 is 10.5 Å². The average molecular weight is 386 g/mol. The van der Waals surface area contributed by atoms with Crippen LogP contribution in [0.15, 0.2) is 71.3 Å². The van der Waals surface area contributed by atoms with Crippen LogP contribution in [0.4, 0.5) is 0 Å².